The van der Waals surface area contributed by atoms with Gasteiger partial charge in [-0.3, -0.25) is 18.6 Å². The first-order chi connectivity index (χ1) is 15.8. The smallest absolute Gasteiger partial charge is 0.336 e. The molecule has 0 aliphatic heterocycles. The van der Waals surface area contributed by atoms with Crippen molar-refractivity contribution in [3.8, 4) is 5.88 Å². The van der Waals surface area contributed by atoms with Gasteiger partial charge in [-0.1, -0.05) is 12.1 Å². The average molecular weight is 594 g/mol. The van der Waals surface area contributed by atoms with E-state index < -0.39 is 5.69 Å². The third-order valence-corrected chi connectivity index (χ3v) is 8.09. The van der Waals surface area contributed by atoms with Gasteiger partial charge in [0.05, 0.1) is 13.7 Å². The van der Waals surface area contributed by atoms with Gasteiger partial charge in [0.2, 0.25) is 5.88 Å². The molecule has 1 aromatic carbocycles. The van der Waals surface area contributed by atoms with Crippen LogP contribution in [0.25, 0.3) is 4.83 Å². The SMILES string of the molecule is COc1ccc(CNC(=O)c2cn3c(=O)n(Cc4ccc(Br)c(Br)c4)c(=O)c(C)c3s2)cn1. The second kappa shape index (κ2) is 9.62. The number of methoxy groups -OCH3 is 1. The summed E-state index contributed by atoms with van der Waals surface area (Å²) in [6, 6.07) is 9.05. The Bertz CT molecular complexity index is 1480. The molecular weight excluding hydrogens is 576 g/mol. The van der Waals surface area contributed by atoms with E-state index in [0.717, 1.165) is 31.4 Å². The van der Waals surface area contributed by atoms with Crippen LogP contribution in [0.4, 0.5) is 0 Å². The zero-order valence-corrected chi connectivity index (χ0v) is 21.6. The summed E-state index contributed by atoms with van der Waals surface area (Å²) in [6.45, 7) is 2.05. The lowest BCUT2D eigenvalue weighted by molar-refractivity contribution is 0.0954. The molecule has 8 nitrogen and oxygen atoms in total. The van der Waals surface area contributed by atoms with Gasteiger partial charge in [-0.25, -0.2) is 9.78 Å². The van der Waals surface area contributed by atoms with Crippen molar-refractivity contribution in [1.82, 2.24) is 19.3 Å². The second-order valence-electron chi connectivity index (χ2n) is 7.21. The fourth-order valence-corrected chi connectivity index (χ4v) is 4.91. The number of pyridine rings is 1. The third-order valence-electron chi connectivity index (χ3n) is 5.00. The summed E-state index contributed by atoms with van der Waals surface area (Å²) in [7, 11) is 1.53. The molecule has 4 rings (SSSR count). The molecular formula is C22H18Br2N4O4S. The Labute approximate surface area is 209 Å². The first kappa shape index (κ1) is 23.4. The summed E-state index contributed by atoms with van der Waals surface area (Å²) < 4.78 is 9.27. The predicted molar refractivity (Wildman–Crippen MR) is 133 cm³/mol. The van der Waals surface area contributed by atoms with Crippen LogP contribution in [-0.2, 0) is 13.1 Å². The monoisotopic (exact) mass is 592 g/mol. The number of hydrogen-bond donors (Lipinski definition) is 1. The summed E-state index contributed by atoms with van der Waals surface area (Å²) in [5.41, 5.74) is 1.14. The number of aromatic nitrogens is 3. The fourth-order valence-electron chi connectivity index (χ4n) is 3.24. The number of amides is 1. The van der Waals surface area contributed by atoms with Gasteiger partial charge >= 0.3 is 5.69 Å². The maximum Gasteiger partial charge on any atom is 0.336 e. The van der Waals surface area contributed by atoms with Gasteiger partial charge in [0.1, 0.15) is 9.71 Å². The number of fused-ring (bicyclic) bond motifs is 1. The molecule has 0 atom stereocenters. The minimum atomic E-state index is -0.491. The van der Waals surface area contributed by atoms with Gasteiger partial charge < -0.3 is 10.1 Å². The van der Waals surface area contributed by atoms with Crippen molar-refractivity contribution in [3.63, 3.8) is 0 Å². The number of carbonyl (C=O) groups is 1. The molecule has 170 valence electrons. The van der Waals surface area contributed by atoms with Gasteiger partial charge in [0.25, 0.3) is 11.5 Å². The summed E-state index contributed by atoms with van der Waals surface area (Å²) in [4.78, 5) is 43.6. The normalized spacial score (nSPS) is 11.0. The molecule has 0 spiro atoms. The highest BCUT2D eigenvalue weighted by molar-refractivity contribution is 9.13. The Morgan fingerprint density at radius 2 is 1.91 bits per heavy atom. The lowest BCUT2D eigenvalue weighted by Gasteiger charge is -2.08. The highest BCUT2D eigenvalue weighted by Crippen LogP contribution is 2.24. The average Bonchev–Trinajstić information content (AvgIpc) is 3.27. The van der Waals surface area contributed by atoms with E-state index in [9.17, 15) is 14.4 Å². The van der Waals surface area contributed by atoms with Crippen LogP contribution >= 0.6 is 43.2 Å². The van der Waals surface area contributed by atoms with Gasteiger partial charge in [-0.05, 0) is 62.0 Å². The fraction of sp³-hybridized carbons (Fsp3) is 0.182. The van der Waals surface area contributed by atoms with Gasteiger partial charge in [-0.2, -0.15) is 0 Å². The van der Waals surface area contributed by atoms with Crippen molar-refractivity contribution in [2.45, 2.75) is 20.0 Å². The predicted octanol–water partition coefficient (Wildman–Crippen LogP) is 3.74. The van der Waals surface area contributed by atoms with Crippen molar-refractivity contribution in [1.29, 1.82) is 0 Å². The molecule has 0 saturated heterocycles. The molecule has 11 heteroatoms. The number of thiazole rings is 1. The summed E-state index contributed by atoms with van der Waals surface area (Å²) in [6.07, 6.45) is 3.09. The van der Waals surface area contributed by atoms with Crippen LogP contribution in [0.3, 0.4) is 0 Å². The number of hydrogen-bond acceptors (Lipinski definition) is 6. The molecule has 0 aliphatic carbocycles. The number of rotatable bonds is 6. The van der Waals surface area contributed by atoms with E-state index in [1.54, 1.807) is 25.3 Å². The lowest BCUT2D eigenvalue weighted by atomic mass is 10.2. The van der Waals surface area contributed by atoms with Crippen LogP contribution in [0, 0.1) is 6.92 Å². The minimum absolute atomic E-state index is 0.120. The van der Waals surface area contributed by atoms with Crippen LogP contribution in [0.15, 0.2) is 61.3 Å². The van der Waals surface area contributed by atoms with Crippen molar-refractivity contribution in [3.05, 3.63) is 94.1 Å². The van der Waals surface area contributed by atoms with Crippen LogP contribution in [0.2, 0.25) is 0 Å². The molecule has 1 N–H and O–H groups in total. The van der Waals surface area contributed by atoms with E-state index in [1.807, 2.05) is 18.2 Å². The zero-order chi connectivity index (χ0) is 23.7. The van der Waals surface area contributed by atoms with Crippen molar-refractivity contribution in [2.24, 2.45) is 0 Å². The first-order valence-electron chi connectivity index (χ1n) is 9.75. The molecule has 0 bridgehead atoms. The lowest BCUT2D eigenvalue weighted by Crippen LogP contribution is -2.38. The summed E-state index contributed by atoms with van der Waals surface area (Å²) in [5.74, 6) is 0.149. The second-order valence-corrected chi connectivity index (χ2v) is 9.95. The van der Waals surface area contributed by atoms with Crippen LogP contribution in [0.5, 0.6) is 5.88 Å². The summed E-state index contributed by atoms with van der Waals surface area (Å²) in [5, 5.41) is 2.81. The van der Waals surface area contributed by atoms with Gasteiger partial charge in [-0.15, -0.1) is 11.3 Å². The quantitative estimate of drug-likeness (QED) is 0.367. The van der Waals surface area contributed by atoms with E-state index in [0.29, 0.717) is 21.2 Å². The number of benzene rings is 1. The van der Waals surface area contributed by atoms with Crippen LogP contribution in [0.1, 0.15) is 26.4 Å². The first-order valence-corrected chi connectivity index (χ1v) is 12.2. The Hall–Kier alpha value is -2.76. The van der Waals surface area contributed by atoms with E-state index >= 15 is 0 Å². The Kier molecular flexibility index (Phi) is 6.82. The Morgan fingerprint density at radius 3 is 2.58 bits per heavy atom. The van der Waals surface area contributed by atoms with Crippen LogP contribution < -0.4 is 21.3 Å². The highest BCUT2D eigenvalue weighted by atomic mass is 79.9. The van der Waals surface area contributed by atoms with Gasteiger partial charge in [0, 0.05) is 39.5 Å². The maximum absolute atomic E-state index is 13.1. The molecule has 0 fully saturated rings. The molecule has 33 heavy (non-hydrogen) atoms. The number of carbonyl (C=O) groups excluding carboxylic acids is 1. The van der Waals surface area contributed by atoms with Crippen LogP contribution in [-0.4, -0.2) is 27.0 Å². The molecule has 4 aromatic rings. The van der Waals surface area contributed by atoms with Crippen molar-refractivity contribution >= 4 is 53.9 Å². The highest BCUT2D eigenvalue weighted by Gasteiger charge is 2.18. The van der Waals surface area contributed by atoms with E-state index in [1.165, 1.54) is 22.3 Å². The number of halogens is 2. The standard InChI is InChI=1S/C22H18Br2N4O4S/c1-12-20(30)27(10-13-3-5-15(23)16(24)7-13)22(31)28-11-17(33-21(12)28)19(29)26-9-14-4-6-18(32-2)25-8-14/h3-8,11H,9-10H2,1-2H3,(H,26,29). The molecule has 0 unspecified atom stereocenters. The molecule has 1 amide bonds. The number of ether oxygens (including phenoxy) is 1. The molecule has 3 heterocycles. The van der Waals surface area contributed by atoms with Crippen molar-refractivity contribution in [2.75, 3.05) is 7.11 Å². The molecule has 3 aromatic heterocycles. The Balaban J connectivity index is 1.62. The number of nitrogens with one attached hydrogen (secondary N) is 1. The van der Waals surface area contributed by atoms with Gasteiger partial charge in [0.15, 0.2) is 0 Å². The van der Waals surface area contributed by atoms with E-state index in [-0.39, 0.29) is 24.6 Å². The molecule has 0 aliphatic rings. The van der Waals surface area contributed by atoms with Crippen molar-refractivity contribution < 1.29 is 9.53 Å². The summed E-state index contributed by atoms with van der Waals surface area (Å²) >= 11 is 7.96. The minimum Gasteiger partial charge on any atom is -0.481 e. The number of nitrogens with zero attached hydrogens (tertiary/aromatic N) is 3. The van der Waals surface area contributed by atoms with E-state index in [2.05, 4.69) is 42.2 Å². The third kappa shape index (κ3) is 4.80. The van der Waals surface area contributed by atoms with E-state index in [4.69, 9.17) is 4.74 Å². The number of aryl methyl sites for hydroxylation is 1. The maximum atomic E-state index is 13.1. The zero-order valence-electron chi connectivity index (χ0n) is 17.6. The largest absolute Gasteiger partial charge is 0.481 e. The molecule has 0 radical (unpaired) electrons. The molecule has 0 saturated carbocycles. The Morgan fingerprint density at radius 1 is 1.15 bits per heavy atom. The topological polar surface area (TPSA) is 94.7 Å².